The largest absolute Gasteiger partial charge is 0.496 e. The van der Waals surface area contributed by atoms with E-state index >= 15 is 0 Å². The summed E-state index contributed by atoms with van der Waals surface area (Å²) in [6.07, 6.45) is 3.49. The minimum Gasteiger partial charge on any atom is -0.496 e. The number of amides is 2. The fourth-order valence-corrected chi connectivity index (χ4v) is 4.73. The smallest absolute Gasteiger partial charge is 0.267 e. The van der Waals surface area contributed by atoms with Crippen molar-refractivity contribution in [2.24, 2.45) is 5.92 Å². The van der Waals surface area contributed by atoms with Gasteiger partial charge in [0.05, 0.1) is 18.2 Å². The first kappa shape index (κ1) is 19.8. The molecule has 1 aliphatic heterocycles. The van der Waals surface area contributed by atoms with Crippen molar-refractivity contribution in [3.63, 3.8) is 0 Å². The Balaban J connectivity index is 1.30. The number of nitrogens with one attached hydrogen (secondary N) is 1. The van der Waals surface area contributed by atoms with Crippen molar-refractivity contribution in [2.75, 3.05) is 26.7 Å². The molecule has 4 rings (SSSR count). The summed E-state index contributed by atoms with van der Waals surface area (Å²) < 4.78 is 9.32. The highest BCUT2D eigenvalue weighted by Gasteiger charge is 2.52. The Hall–Kier alpha value is -2.48. The van der Waals surface area contributed by atoms with Crippen molar-refractivity contribution in [3.05, 3.63) is 40.4 Å². The monoisotopic (exact) mass is 414 g/mol. The molecule has 2 fully saturated rings. The number of hydrogen-bond acceptors (Lipinski definition) is 6. The predicted octanol–water partition coefficient (Wildman–Crippen LogP) is 2.56. The molecule has 1 aliphatic carbocycles. The van der Waals surface area contributed by atoms with Crippen LogP contribution in [0.1, 0.15) is 46.6 Å². The number of aryl methyl sites for hydroxylation is 1. The highest BCUT2D eigenvalue weighted by atomic mass is 32.1. The Labute approximate surface area is 174 Å². The quantitative estimate of drug-likeness (QED) is 0.785. The molecule has 0 radical (unpaired) electrons. The third kappa shape index (κ3) is 3.85. The maximum absolute atomic E-state index is 13.0. The minimum absolute atomic E-state index is 0.0214. The zero-order chi connectivity index (χ0) is 20.4. The Bertz CT molecular complexity index is 901. The third-order valence-electron chi connectivity index (χ3n) is 6.11. The number of aromatic nitrogens is 2. The van der Waals surface area contributed by atoms with E-state index in [1.54, 1.807) is 7.11 Å². The van der Waals surface area contributed by atoms with Crippen LogP contribution in [0.3, 0.4) is 0 Å². The molecular formula is C21H26N4O3S. The van der Waals surface area contributed by atoms with Gasteiger partial charge in [-0.2, -0.15) is 0 Å². The zero-order valence-electron chi connectivity index (χ0n) is 16.8. The Morgan fingerprint density at radius 2 is 2.00 bits per heavy atom. The molecule has 1 N–H and O–H groups in total. The van der Waals surface area contributed by atoms with Gasteiger partial charge in [0.15, 0.2) is 0 Å². The van der Waals surface area contributed by atoms with Crippen molar-refractivity contribution in [2.45, 2.75) is 38.0 Å². The van der Waals surface area contributed by atoms with Crippen molar-refractivity contribution in [1.29, 1.82) is 0 Å². The standard InChI is InChI=1S/C21H26N4O3S/c1-14-18(29-24-23-14)19(26)25-11-7-15(8-12-25)13-22-20(27)21(9-10-21)16-5-3-4-6-17(16)28-2/h3-6,15H,7-13H2,1-2H3,(H,22,27). The van der Waals surface area contributed by atoms with E-state index in [0.29, 0.717) is 36.1 Å². The van der Waals surface area contributed by atoms with Crippen molar-refractivity contribution < 1.29 is 14.3 Å². The molecule has 154 valence electrons. The molecule has 0 bridgehead atoms. The van der Waals surface area contributed by atoms with Crippen molar-refractivity contribution in [1.82, 2.24) is 19.8 Å². The van der Waals surface area contributed by atoms with Crippen LogP contribution in [0.15, 0.2) is 24.3 Å². The van der Waals surface area contributed by atoms with E-state index in [4.69, 9.17) is 4.74 Å². The second kappa shape index (κ2) is 8.10. The average Bonchev–Trinajstić information content (AvgIpc) is 3.46. The van der Waals surface area contributed by atoms with Crippen LogP contribution in [0.4, 0.5) is 0 Å². The van der Waals surface area contributed by atoms with Crippen LogP contribution in [-0.4, -0.2) is 53.0 Å². The molecule has 1 aromatic heterocycles. The molecule has 1 saturated carbocycles. The van der Waals surface area contributed by atoms with Gasteiger partial charge in [-0.25, -0.2) is 0 Å². The highest BCUT2D eigenvalue weighted by Crippen LogP contribution is 2.51. The number of nitrogens with zero attached hydrogens (tertiary/aromatic N) is 3. The fourth-order valence-electron chi connectivity index (χ4n) is 4.10. The van der Waals surface area contributed by atoms with Gasteiger partial charge in [0.2, 0.25) is 5.91 Å². The lowest BCUT2D eigenvalue weighted by Crippen LogP contribution is -2.43. The Morgan fingerprint density at radius 3 is 2.62 bits per heavy atom. The lowest BCUT2D eigenvalue weighted by Gasteiger charge is -2.32. The van der Waals surface area contributed by atoms with Gasteiger partial charge >= 0.3 is 0 Å². The minimum atomic E-state index is -0.444. The highest BCUT2D eigenvalue weighted by molar-refractivity contribution is 7.07. The van der Waals surface area contributed by atoms with Crippen molar-refractivity contribution in [3.8, 4) is 5.75 Å². The lowest BCUT2D eigenvalue weighted by atomic mass is 9.92. The third-order valence-corrected chi connectivity index (χ3v) is 6.92. The summed E-state index contributed by atoms with van der Waals surface area (Å²) in [5.74, 6) is 1.27. The summed E-state index contributed by atoms with van der Waals surface area (Å²) in [5, 5.41) is 7.10. The lowest BCUT2D eigenvalue weighted by molar-refractivity contribution is -0.123. The number of carbonyl (C=O) groups is 2. The van der Waals surface area contributed by atoms with E-state index in [1.165, 1.54) is 0 Å². The number of piperidine rings is 1. The van der Waals surface area contributed by atoms with Gasteiger partial charge < -0.3 is 15.0 Å². The van der Waals surface area contributed by atoms with Crippen LogP contribution < -0.4 is 10.1 Å². The number of ether oxygens (including phenoxy) is 1. The van der Waals surface area contributed by atoms with Gasteiger partial charge in [0.1, 0.15) is 10.6 Å². The molecule has 2 aromatic rings. The van der Waals surface area contributed by atoms with E-state index in [9.17, 15) is 9.59 Å². The number of benzene rings is 1. The van der Waals surface area contributed by atoms with Gasteiger partial charge in [0, 0.05) is 25.2 Å². The van der Waals surface area contributed by atoms with E-state index in [2.05, 4.69) is 14.9 Å². The molecule has 8 heteroatoms. The Morgan fingerprint density at radius 1 is 1.28 bits per heavy atom. The normalized spacial score (nSPS) is 18.3. The Kier molecular flexibility index (Phi) is 5.54. The van der Waals surface area contributed by atoms with Gasteiger partial charge in [-0.05, 0) is 56.1 Å². The number of carbonyl (C=O) groups excluding carboxylic acids is 2. The number of rotatable bonds is 6. The van der Waals surface area contributed by atoms with Crippen LogP contribution in [0, 0.1) is 12.8 Å². The number of hydrogen-bond donors (Lipinski definition) is 1. The van der Waals surface area contributed by atoms with Gasteiger partial charge in [-0.3, -0.25) is 9.59 Å². The van der Waals surface area contributed by atoms with Gasteiger partial charge in [-0.1, -0.05) is 22.7 Å². The van der Waals surface area contributed by atoms with Crippen LogP contribution in [0.25, 0.3) is 0 Å². The van der Waals surface area contributed by atoms with Crippen LogP contribution in [0.2, 0.25) is 0 Å². The predicted molar refractivity (Wildman–Crippen MR) is 110 cm³/mol. The van der Waals surface area contributed by atoms with E-state index in [-0.39, 0.29) is 11.8 Å². The second-order valence-electron chi connectivity index (χ2n) is 7.92. The molecule has 0 unspecified atom stereocenters. The topological polar surface area (TPSA) is 84.4 Å². The molecule has 0 spiro atoms. The molecular weight excluding hydrogens is 388 g/mol. The molecule has 29 heavy (non-hydrogen) atoms. The summed E-state index contributed by atoms with van der Waals surface area (Å²) in [4.78, 5) is 28.0. The number of likely N-dealkylation sites (tertiary alicyclic amines) is 1. The van der Waals surface area contributed by atoms with Crippen LogP contribution in [0.5, 0.6) is 5.75 Å². The zero-order valence-corrected chi connectivity index (χ0v) is 17.6. The summed E-state index contributed by atoms with van der Waals surface area (Å²) >= 11 is 1.16. The van der Waals surface area contributed by atoms with Gasteiger partial charge in [0.25, 0.3) is 5.91 Å². The maximum Gasteiger partial charge on any atom is 0.267 e. The van der Waals surface area contributed by atoms with E-state index in [0.717, 1.165) is 48.5 Å². The molecule has 1 saturated heterocycles. The summed E-state index contributed by atoms with van der Waals surface area (Å²) in [6, 6.07) is 7.79. The summed E-state index contributed by atoms with van der Waals surface area (Å²) in [6.45, 7) is 3.87. The number of methoxy groups -OCH3 is 1. The van der Waals surface area contributed by atoms with E-state index < -0.39 is 5.41 Å². The molecule has 7 nitrogen and oxygen atoms in total. The SMILES string of the molecule is COc1ccccc1C1(C(=O)NCC2CCN(C(=O)c3snnc3C)CC2)CC1. The first-order valence-corrected chi connectivity index (χ1v) is 10.8. The second-order valence-corrected chi connectivity index (χ2v) is 8.67. The maximum atomic E-state index is 13.0. The first-order valence-electron chi connectivity index (χ1n) is 10.0. The molecule has 0 atom stereocenters. The summed E-state index contributed by atoms with van der Waals surface area (Å²) in [5.41, 5.74) is 1.23. The summed E-state index contributed by atoms with van der Waals surface area (Å²) in [7, 11) is 1.64. The van der Waals surface area contributed by atoms with Crippen molar-refractivity contribution >= 4 is 23.3 Å². The first-order chi connectivity index (χ1) is 14.0. The average molecular weight is 415 g/mol. The molecule has 2 heterocycles. The number of para-hydroxylation sites is 1. The van der Waals surface area contributed by atoms with Gasteiger partial charge in [-0.15, -0.1) is 5.10 Å². The van der Waals surface area contributed by atoms with Crippen LogP contribution in [-0.2, 0) is 10.2 Å². The molecule has 1 aromatic carbocycles. The fraction of sp³-hybridized carbons (Fsp3) is 0.524. The van der Waals surface area contributed by atoms with Crippen LogP contribution >= 0.6 is 11.5 Å². The molecule has 2 amide bonds. The molecule has 2 aliphatic rings. The van der Waals surface area contributed by atoms with E-state index in [1.807, 2.05) is 36.1 Å².